The summed E-state index contributed by atoms with van der Waals surface area (Å²) >= 11 is 0. The molecule has 0 atom stereocenters. The fourth-order valence-corrected chi connectivity index (χ4v) is 2.21. The van der Waals surface area contributed by atoms with Crippen molar-refractivity contribution in [3.8, 4) is 0 Å². The van der Waals surface area contributed by atoms with Gasteiger partial charge in [0, 0.05) is 39.4 Å². The van der Waals surface area contributed by atoms with Gasteiger partial charge in [-0.2, -0.15) is 0 Å². The van der Waals surface area contributed by atoms with Crippen LogP contribution in [0.15, 0.2) is 18.2 Å². The van der Waals surface area contributed by atoms with Gasteiger partial charge in [-0.3, -0.25) is 4.79 Å². The molecule has 0 unspecified atom stereocenters. The summed E-state index contributed by atoms with van der Waals surface area (Å²) < 4.78 is 4.87. The van der Waals surface area contributed by atoms with Gasteiger partial charge in [0.25, 0.3) is 0 Å². The van der Waals surface area contributed by atoms with Gasteiger partial charge in [-0.15, -0.1) is 0 Å². The molecule has 0 bridgehead atoms. The van der Waals surface area contributed by atoms with Crippen LogP contribution in [0.25, 0.3) is 0 Å². The lowest BCUT2D eigenvalue weighted by Gasteiger charge is -2.12. The van der Waals surface area contributed by atoms with E-state index < -0.39 is 0 Å². The summed E-state index contributed by atoms with van der Waals surface area (Å²) in [4.78, 5) is 13.7. The van der Waals surface area contributed by atoms with Crippen molar-refractivity contribution >= 4 is 11.6 Å². The molecular weight excluding hydrogens is 228 g/mol. The molecule has 1 N–H and O–H groups in total. The topological polar surface area (TPSA) is 41.6 Å². The van der Waals surface area contributed by atoms with Crippen molar-refractivity contribution in [2.45, 2.75) is 19.4 Å². The molecule has 0 radical (unpaired) electrons. The van der Waals surface area contributed by atoms with Crippen LogP contribution in [-0.2, 0) is 22.5 Å². The second-order valence-electron chi connectivity index (χ2n) is 4.65. The Kier molecular flexibility index (Phi) is 4.20. The van der Waals surface area contributed by atoms with E-state index in [1.165, 1.54) is 11.3 Å². The number of benzene rings is 1. The fourth-order valence-electron chi connectivity index (χ4n) is 2.21. The molecule has 4 heteroatoms. The molecule has 1 amide bonds. The Hall–Kier alpha value is -1.55. The molecule has 0 aromatic heterocycles. The van der Waals surface area contributed by atoms with Crippen LogP contribution in [0.4, 0.5) is 5.69 Å². The van der Waals surface area contributed by atoms with Gasteiger partial charge >= 0.3 is 0 Å². The average Bonchev–Trinajstić information content (AvgIpc) is 2.75. The highest BCUT2D eigenvalue weighted by molar-refractivity contribution is 5.76. The first-order valence-electron chi connectivity index (χ1n) is 6.29. The second-order valence-corrected chi connectivity index (χ2v) is 4.65. The number of nitrogens with zero attached hydrogens (tertiary/aromatic N) is 1. The predicted octanol–water partition coefficient (Wildman–Crippen LogP) is 1.33. The molecule has 1 aromatic rings. The van der Waals surface area contributed by atoms with Crippen molar-refractivity contribution in [1.29, 1.82) is 0 Å². The van der Waals surface area contributed by atoms with Gasteiger partial charge in [0.1, 0.15) is 0 Å². The molecule has 0 saturated heterocycles. The number of rotatable bonds is 5. The summed E-state index contributed by atoms with van der Waals surface area (Å²) in [5, 5.41) is 2.90. The Bertz CT molecular complexity index is 432. The van der Waals surface area contributed by atoms with E-state index in [0.29, 0.717) is 19.6 Å². The van der Waals surface area contributed by atoms with E-state index in [4.69, 9.17) is 4.74 Å². The second kappa shape index (κ2) is 5.87. The molecule has 98 valence electrons. The Morgan fingerprint density at radius 1 is 1.50 bits per heavy atom. The Balaban J connectivity index is 1.89. The number of methoxy groups -OCH3 is 1. The summed E-state index contributed by atoms with van der Waals surface area (Å²) in [6.45, 7) is 2.15. The predicted molar refractivity (Wildman–Crippen MR) is 71.8 cm³/mol. The van der Waals surface area contributed by atoms with Crippen LogP contribution in [-0.4, -0.2) is 33.2 Å². The number of ether oxygens (including phenoxy) is 1. The number of carbonyl (C=O) groups is 1. The van der Waals surface area contributed by atoms with E-state index in [1.807, 2.05) is 0 Å². The van der Waals surface area contributed by atoms with Crippen molar-refractivity contribution in [1.82, 2.24) is 5.32 Å². The molecule has 0 saturated carbocycles. The first-order chi connectivity index (χ1) is 8.70. The highest BCUT2D eigenvalue weighted by atomic mass is 16.5. The molecule has 1 aliphatic heterocycles. The molecule has 1 aromatic carbocycles. The summed E-state index contributed by atoms with van der Waals surface area (Å²) in [6.07, 6.45) is 1.52. The van der Waals surface area contributed by atoms with Crippen LogP contribution in [0, 0.1) is 0 Å². The lowest BCUT2D eigenvalue weighted by Crippen LogP contribution is -2.23. The molecule has 0 fully saturated rings. The largest absolute Gasteiger partial charge is 0.384 e. The molecular formula is C14H20N2O2. The van der Waals surface area contributed by atoms with Crippen LogP contribution in [0.5, 0.6) is 0 Å². The minimum atomic E-state index is 0.0365. The van der Waals surface area contributed by atoms with E-state index in [1.54, 1.807) is 7.11 Å². The van der Waals surface area contributed by atoms with Crippen molar-refractivity contribution in [3.63, 3.8) is 0 Å². The number of likely N-dealkylation sites (N-methyl/N-ethyl adjacent to an activating group) is 1. The maximum absolute atomic E-state index is 11.5. The Morgan fingerprint density at radius 2 is 2.33 bits per heavy atom. The van der Waals surface area contributed by atoms with Gasteiger partial charge in [-0.05, 0) is 23.6 Å². The Labute approximate surface area is 108 Å². The summed E-state index contributed by atoms with van der Waals surface area (Å²) in [7, 11) is 3.71. The van der Waals surface area contributed by atoms with Crippen molar-refractivity contribution in [2.75, 3.05) is 32.2 Å². The monoisotopic (exact) mass is 248 g/mol. The van der Waals surface area contributed by atoms with E-state index >= 15 is 0 Å². The van der Waals surface area contributed by atoms with E-state index in [2.05, 4.69) is 35.5 Å². The van der Waals surface area contributed by atoms with Gasteiger partial charge in [-0.25, -0.2) is 0 Å². The molecule has 1 aliphatic rings. The van der Waals surface area contributed by atoms with Crippen molar-refractivity contribution < 1.29 is 9.53 Å². The smallest absolute Gasteiger partial charge is 0.222 e. The minimum absolute atomic E-state index is 0.0365. The zero-order valence-corrected chi connectivity index (χ0v) is 11.0. The van der Waals surface area contributed by atoms with Crippen LogP contribution < -0.4 is 10.2 Å². The first-order valence-corrected chi connectivity index (χ1v) is 6.29. The molecule has 0 spiro atoms. The third-order valence-corrected chi connectivity index (χ3v) is 3.29. The number of nitrogens with one attached hydrogen (secondary N) is 1. The number of amides is 1. The lowest BCUT2D eigenvalue weighted by molar-refractivity contribution is -0.122. The standard InChI is InChI=1S/C14H20N2O2/c1-16-7-5-12-9-11(3-4-13(12)16)10-15-14(17)6-8-18-2/h3-4,9H,5-8,10H2,1-2H3,(H,15,17). The quantitative estimate of drug-likeness (QED) is 0.854. The third-order valence-electron chi connectivity index (χ3n) is 3.29. The zero-order valence-electron chi connectivity index (χ0n) is 11.0. The molecule has 2 rings (SSSR count). The van der Waals surface area contributed by atoms with Crippen LogP contribution in [0.1, 0.15) is 17.5 Å². The Morgan fingerprint density at radius 3 is 3.11 bits per heavy atom. The van der Waals surface area contributed by atoms with E-state index in [0.717, 1.165) is 18.5 Å². The fraction of sp³-hybridized carbons (Fsp3) is 0.500. The molecule has 18 heavy (non-hydrogen) atoms. The summed E-state index contributed by atoms with van der Waals surface area (Å²) in [5.41, 5.74) is 3.85. The van der Waals surface area contributed by atoms with Crippen LogP contribution in [0.3, 0.4) is 0 Å². The van der Waals surface area contributed by atoms with Crippen molar-refractivity contribution in [2.24, 2.45) is 0 Å². The number of hydrogen-bond acceptors (Lipinski definition) is 3. The lowest BCUT2D eigenvalue weighted by atomic mass is 10.1. The van der Waals surface area contributed by atoms with Gasteiger partial charge in [0.15, 0.2) is 0 Å². The van der Waals surface area contributed by atoms with Crippen LogP contribution in [0.2, 0.25) is 0 Å². The highest BCUT2D eigenvalue weighted by Gasteiger charge is 2.15. The molecule has 1 heterocycles. The van der Waals surface area contributed by atoms with E-state index in [9.17, 15) is 4.79 Å². The summed E-state index contributed by atoms with van der Waals surface area (Å²) in [6, 6.07) is 6.41. The maximum atomic E-state index is 11.5. The number of anilines is 1. The average molecular weight is 248 g/mol. The van der Waals surface area contributed by atoms with E-state index in [-0.39, 0.29) is 5.91 Å². The van der Waals surface area contributed by atoms with Crippen LogP contribution >= 0.6 is 0 Å². The minimum Gasteiger partial charge on any atom is -0.384 e. The summed E-state index contributed by atoms with van der Waals surface area (Å²) in [5.74, 6) is 0.0365. The number of fused-ring (bicyclic) bond motifs is 1. The highest BCUT2D eigenvalue weighted by Crippen LogP contribution is 2.27. The first kappa shape index (κ1) is 12.9. The normalized spacial score (nSPS) is 13.6. The zero-order chi connectivity index (χ0) is 13.0. The van der Waals surface area contributed by atoms with Crippen molar-refractivity contribution in [3.05, 3.63) is 29.3 Å². The number of carbonyl (C=O) groups excluding carboxylic acids is 1. The molecule has 0 aliphatic carbocycles. The number of hydrogen-bond donors (Lipinski definition) is 1. The molecule has 4 nitrogen and oxygen atoms in total. The third kappa shape index (κ3) is 3.01. The maximum Gasteiger partial charge on any atom is 0.222 e. The van der Waals surface area contributed by atoms with Gasteiger partial charge < -0.3 is 15.0 Å². The van der Waals surface area contributed by atoms with Gasteiger partial charge in [0.05, 0.1) is 6.61 Å². The van der Waals surface area contributed by atoms with Gasteiger partial charge in [0.2, 0.25) is 5.91 Å². The van der Waals surface area contributed by atoms with Gasteiger partial charge in [-0.1, -0.05) is 12.1 Å². The SMILES string of the molecule is COCCC(=O)NCc1ccc2c(c1)CCN2C.